The van der Waals surface area contributed by atoms with Crippen LogP contribution in [0.2, 0.25) is 0 Å². The number of aromatic nitrogens is 2. The predicted molar refractivity (Wildman–Crippen MR) is 101 cm³/mol. The van der Waals surface area contributed by atoms with Crippen molar-refractivity contribution in [2.45, 2.75) is 17.9 Å². The largest absolute Gasteiger partial charge is 0.341 e. The molecule has 9 heteroatoms. The highest BCUT2D eigenvalue weighted by molar-refractivity contribution is 7.89. The van der Waals surface area contributed by atoms with Gasteiger partial charge < -0.3 is 15.2 Å². The van der Waals surface area contributed by atoms with Gasteiger partial charge in [-0.05, 0) is 24.9 Å². The van der Waals surface area contributed by atoms with E-state index in [1.54, 1.807) is 23.4 Å². The maximum absolute atomic E-state index is 12.6. The third-order valence-corrected chi connectivity index (χ3v) is 6.37. The summed E-state index contributed by atoms with van der Waals surface area (Å²) in [7, 11) is -2.11. The van der Waals surface area contributed by atoms with Gasteiger partial charge in [0.05, 0.1) is 6.54 Å². The van der Waals surface area contributed by atoms with Crippen LogP contribution in [0.1, 0.15) is 17.3 Å². The lowest BCUT2D eigenvalue weighted by molar-refractivity contribution is -0.129. The molecule has 8 nitrogen and oxygen atoms in total. The lowest BCUT2D eigenvalue weighted by atomic mass is 9.89. The molecule has 3 N–H and O–H groups in total. The van der Waals surface area contributed by atoms with E-state index in [4.69, 9.17) is 5.73 Å². The fourth-order valence-electron chi connectivity index (χ4n) is 3.39. The summed E-state index contributed by atoms with van der Waals surface area (Å²) in [6, 6.07) is 9.96. The van der Waals surface area contributed by atoms with Gasteiger partial charge in [0.25, 0.3) is 10.0 Å². The standard InChI is InChI=1S/C18H25N5O3S/c1-13-21-17(12-22(13)2)27(25,26)20-9-18(24)23-10-15(8-19)16(11-23)14-6-4-3-5-7-14/h3-7,12,15-16,20H,8-11,19H2,1-2H3/t15-,16+/m1/s1. The average Bonchev–Trinajstić information content (AvgIpc) is 3.25. The molecule has 2 heterocycles. The van der Waals surface area contributed by atoms with Crippen molar-refractivity contribution in [1.29, 1.82) is 0 Å². The molecule has 1 aliphatic heterocycles. The Morgan fingerprint density at radius 2 is 2.00 bits per heavy atom. The van der Waals surface area contributed by atoms with E-state index in [9.17, 15) is 13.2 Å². The van der Waals surface area contributed by atoms with E-state index in [2.05, 4.69) is 9.71 Å². The van der Waals surface area contributed by atoms with E-state index >= 15 is 0 Å². The summed E-state index contributed by atoms with van der Waals surface area (Å²) in [6.45, 7) is 2.96. The summed E-state index contributed by atoms with van der Waals surface area (Å²) < 4.78 is 28.7. The molecular weight excluding hydrogens is 366 g/mol. The lowest BCUT2D eigenvalue weighted by Crippen LogP contribution is -2.39. The van der Waals surface area contributed by atoms with Gasteiger partial charge in [0.2, 0.25) is 5.91 Å². The summed E-state index contributed by atoms with van der Waals surface area (Å²) >= 11 is 0. The first-order valence-electron chi connectivity index (χ1n) is 8.84. The number of sulfonamides is 1. The molecule has 1 aromatic heterocycles. The Labute approximate surface area is 159 Å². The lowest BCUT2D eigenvalue weighted by Gasteiger charge is -2.17. The number of amides is 1. The summed E-state index contributed by atoms with van der Waals surface area (Å²) in [5.74, 6) is 0.641. The van der Waals surface area contributed by atoms with Crippen molar-refractivity contribution in [2.24, 2.45) is 18.7 Å². The fourth-order valence-corrected chi connectivity index (χ4v) is 4.40. The maximum atomic E-state index is 12.6. The third kappa shape index (κ3) is 4.20. The third-order valence-electron chi connectivity index (χ3n) is 5.10. The highest BCUT2D eigenvalue weighted by Gasteiger charge is 2.35. The van der Waals surface area contributed by atoms with Crippen molar-refractivity contribution >= 4 is 15.9 Å². The molecule has 27 heavy (non-hydrogen) atoms. The van der Waals surface area contributed by atoms with E-state index < -0.39 is 10.0 Å². The fraction of sp³-hybridized carbons (Fsp3) is 0.444. The molecule has 1 aliphatic rings. The Bertz CT molecular complexity index is 891. The SMILES string of the molecule is Cc1nc(S(=O)(=O)NCC(=O)N2C[C@@H](CN)[C@H](c3ccccc3)C2)cn1C. The quantitative estimate of drug-likeness (QED) is 0.731. The molecule has 0 saturated carbocycles. The number of imidazole rings is 1. The van der Waals surface area contributed by atoms with Crippen molar-refractivity contribution in [3.63, 3.8) is 0 Å². The van der Waals surface area contributed by atoms with Crippen LogP contribution in [-0.4, -0.2) is 55.0 Å². The Hall–Kier alpha value is -2.23. The molecule has 0 radical (unpaired) electrons. The Balaban J connectivity index is 1.64. The zero-order valence-corrected chi connectivity index (χ0v) is 16.3. The number of likely N-dealkylation sites (tertiary alicyclic amines) is 1. The second kappa shape index (κ2) is 7.79. The molecule has 0 bridgehead atoms. The zero-order valence-electron chi connectivity index (χ0n) is 15.5. The average molecular weight is 391 g/mol. The van der Waals surface area contributed by atoms with E-state index in [0.717, 1.165) is 5.56 Å². The van der Waals surface area contributed by atoms with E-state index in [1.165, 1.54) is 6.20 Å². The molecule has 1 aromatic carbocycles. The number of nitrogens with two attached hydrogens (primary N) is 1. The number of carbonyl (C=O) groups is 1. The summed E-state index contributed by atoms with van der Waals surface area (Å²) in [5.41, 5.74) is 7.05. The van der Waals surface area contributed by atoms with Gasteiger partial charge in [0, 0.05) is 32.3 Å². The first kappa shape index (κ1) is 19.5. The highest BCUT2D eigenvalue weighted by atomic mass is 32.2. The normalized spacial score (nSPS) is 20.2. The maximum Gasteiger partial charge on any atom is 0.260 e. The van der Waals surface area contributed by atoms with Gasteiger partial charge in [0.15, 0.2) is 5.03 Å². The van der Waals surface area contributed by atoms with Crippen molar-refractivity contribution < 1.29 is 13.2 Å². The number of hydrogen-bond acceptors (Lipinski definition) is 5. The van der Waals surface area contributed by atoms with Gasteiger partial charge in [0.1, 0.15) is 5.82 Å². The Kier molecular flexibility index (Phi) is 5.64. The summed E-state index contributed by atoms with van der Waals surface area (Å²) in [5, 5.41) is -0.0845. The molecule has 1 amide bonds. The van der Waals surface area contributed by atoms with Gasteiger partial charge in [-0.25, -0.2) is 18.1 Å². The molecule has 1 saturated heterocycles. The molecular formula is C18H25N5O3S. The van der Waals surface area contributed by atoms with Crippen LogP contribution in [0.5, 0.6) is 0 Å². The number of nitrogens with one attached hydrogen (secondary N) is 1. The molecule has 2 atom stereocenters. The minimum absolute atomic E-state index is 0.0845. The van der Waals surface area contributed by atoms with Crippen LogP contribution >= 0.6 is 0 Å². The molecule has 2 aromatic rings. The monoisotopic (exact) mass is 391 g/mol. The van der Waals surface area contributed by atoms with E-state index in [-0.39, 0.29) is 29.3 Å². The van der Waals surface area contributed by atoms with Crippen molar-refractivity contribution in [3.8, 4) is 0 Å². The molecule has 3 rings (SSSR count). The highest BCUT2D eigenvalue weighted by Crippen LogP contribution is 2.31. The Morgan fingerprint density at radius 3 is 2.59 bits per heavy atom. The molecule has 0 spiro atoms. The van der Waals surface area contributed by atoms with Gasteiger partial charge in [-0.3, -0.25) is 4.79 Å². The first-order chi connectivity index (χ1) is 12.8. The van der Waals surface area contributed by atoms with Crippen LogP contribution in [0.25, 0.3) is 0 Å². The number of rotatable bonds is 6. The van der Waals surface area contributed by atoms with Gasteiger partial charge in [-0.1, -0.05) is 30.3 Å². The minimum Gasteiger partial charge on any atom is -0.341 e. The van der Waals surface area contributed by atoms with Crippen LogP contribution in [0.4, 0.5) is 0 Å². The predicted octanol–water partition coefficient (Wildman–Crippen LogP) is 0.208. The Morgan fingerprint density at radius 1 is 1.30 bits per heavy atom. The summed E-state index contributed by atoms with van der Waals surface area (Å²) in [4.78, 5) is 18.3. The van der Waals surface area contributed by atoms with Crippen molar-refractivity contribution in [1.82, 2.24) is 19.2 Å². The van der Waals surface area contributed by atoms with Crippen LogP contribution in [0.15, 0.2) is 41.6 Å². The topological polar surface area (TPSA) is 110 Å². The van der Waals surface area contributed by atoms with Gasteiger partial charge in [-0.2, -0.15) is 0 Å². The van der Waals surface area contributed by atoms with Gasteiger partial charge in [-0.15, -0.1) is 0 Å². The second-order valence-corrected chi connectivity index (χ2v) is 8.59. The van der Waals surface area contributed by atoms with Crippen LogP contribution in [0.3, 0.4) is 0 Å². The van der Waals surface area contributed by atoms with Crippen molar-refractivity contribution in [3.05, 3.63) is 47.9 Å². The minimum atomic E-state index is -3.83. The molecule has 146 valence electrons. The number of nitrogens with zero attached hydrogens (tertiary/aromatic N) is 3. The van der Waals surface area contributed by atoms with Gasteiger partial charge >= 0.3 is 0 Å². The number of benzene rings is 1. The van der Waals surface area contributed by atoms with E-state index in [0.29, 0.717) is 25.5 Å². The molecule has 1 fully saturated rings. The van der Waals surface area contributed by atoms with Crippen LogP contribution in [0, 0.1) is 12.8 Å². The number of carbonyl (C=O) groups excluding carboxylic acids is 1. The second-order valence-electron chi connectivity index (χ2n) is 6.87. The number of aryl methyl sites for hydroxylation is 2. The zero-order chi connectivity index (χ0) is 19.6. The smallest absolute Gasteiger partial charge is 0.260 e. The van der Waals surface area contributed by atoms with E-state index in [1.807, 2.05) is 30.3 Å². The molecule has 0 unspecified atom stereocenters. The molecule has 0 aliphatic carbocycles. The van der Waals surface area contributed by atoms with Crippen molar-refractivity contribution in [2.75, 3.05) is 26.2 Å². The van der Waals surface area contributed by atoms with Crippen LogP contribution in [-0.2, 0) is 21.9 Å². The number of hydrogen-bond donors (Lipinski definition) is 2. The van der Waals surface area contributed by atoms with Crippen LogP contribution < -0.4 is 10.5 Å². The summed E-state index contributed by atoms with van der Waals surface area (Å²) in [6.07, 6.45) is 1.42. The first-order valence-corrected chi connectivity index (χ1v) is 10.3.